The Morgan fingerprint density at radius 2 is 2.45 bits per heavy atom. The Kier molecular flexibility index (Phi) is 2.87. The van der Waals surface area contributed by atoms with Gasteiger partial charge in [0, 0.05) is 18.7 Å². The van der Waals surface area contributed by atoms with Crippen LogP contribution in [0.15, 0.2) is 0 Å². The van der Waals surface area contributed by atoms with Gasteiger partial charge in [0.1, 0.15) is 0 Å². The Morgan fingerprint density at radius 1 is 1.73 bits per heavy atom. The quantitative estimate of drug-likeness (QED) is 0.615. The van der Waals surface area contributed by atoms with Crippen LogP contribution in [-0.2, 0) is 4.74 Å². The first kappa shape index (κ1) is 8.97. The number of nitrogens with one attached hydrogen (secondary N) is 1. The third kappa shape index (κ3) is 1.92. The highest BCUT2D eigenvalue weighted by Gasteiger charge is 2.35. The van der Waals surface area contributed by atoms with Gasteiger partial charge >= 0.3 is 0 Å². The Hall–Kier alpha value is -0.120. The standard InChI is InChI=1S/C8H17NO2/c1-7-8(2,3-6-11-7)9-4-5-10/h7,9-10H,3-6H2,1-2H3. The first-order valence-electron chi connectivity index (χ1n) is 4.16. The van der Waals surface area contributed by atoms with Crippen molar-refractivity contribution in [1.82, 2.24) is 5.32 Å². The second kappa shape index (κ2) is 3.52. The van der Waals surface area contributed by atoms with Crippen LogP contribution in [0.25, 0.3) is 0 Å². The van der Waals surface area contributed by atoms with Crippen molar-refractivity contribution in [3.8, 4) is 0 Å². The minimum absolute atomic E-state index is 0.0722. The lowest BCUT2D eigenvalue weighted by Gasteiger charge is -2.28. The van der Waals surface area contributed by atoms with Crippen LogP contribution in [0.5, 0.6) is 0 Å². The monoisotopic (exact) mass is 159 g/mol. The summed E-state index contributed by atoms with van der Waals surface area (Å²) in [6.45, 7) is 5.89. The first-order valence-corrected chi connectivity index (χ1v) is 4.16. The molecule has 1 aliphatic rings. The van der Waals surface area contributed by atoms with Crippen LogP contribution in [0.4, 0.5) is 0 Å². The van der Waals surface area contributed by atoms with Gasteiger partial charge in [-0.3, -0.25) is 0 Å². The van der Waals surface area contributed by atoms with Crippen molar-refractivity contribution in [3.05, 3.63) is 0 Å². The third-order valence-electron chi connectivity index (χ3n) is 2.53. The van der Waals surface area contributed by atoms with Crippen LogP contribution >= 0.6 is 0 Å². The third-order valence-corrected chi connectivity index (χ3v) is 2.53. The zero-order valence-corrected chi connectivity index (χ0v) is 7.26. The molecule has 0 amide bonds. The van der Waals surface area contributed by atoms with E-state index in [1.165, 1.54) is 0 Å². The average Bonchev–Trinajstić information content (AvgIpc) is 2.30. The lowest BCUT2D eigenvalue weighted by molar-refractivity contribution is 0.0867. The summed E-state index contributed by atoms with van der Waals surface area (Å²) in [5.74, 6) is 0. The summed E-state index contributed by atoms with van der Waals surface area (Å²) in [6, 6.07) is 0. The van der Waals surface area contributed by atoms with Crippen molar-refractivity contribution in [2.45, 2.75) is 31.9 Å². The minimum Gasteiger partial charge on any atom is -0.395 e. The maximum atomic E-state index is 8.62. The van der Waals surface area contributed by atoms with E-state index in [0.717, 1.165) is 13.0 Å². The van der Waals surface area contributed by atoms with Crippen molar-refractivity contribution in [2.24, 2.45) is 0 Å². The normalized spacial score (nSPS) is 37.9. The van der Waals surface area contributed by atoms with Gasteiger partial charge in [-0.15, -0.1) is 0 Å². The van der Waals surface area contributed by atoms with Gasteiger partial charge in [-0.2, -0.15) is 0 Å². The average molecular weight is 159 g/mol. The molecule has 1 rings (SSSR count). The fraction of sp³-hybridized carbons (Fsp3) is 1.00. The number of aliphatic hydroxyl groups excluding tert-OH is 1. The van der Waals surface area contributed by atoms with E-state index in [9.17, 15) is 0 Å². The van der Waals surface area contributed by atoms with Gasteiger partial charge in [0.05, 0.1) is 12.7 Å². The number of β-amino-alcohol motifs (C(OH)–C–C–N with tert-alkyl or cyclic N) is 1. The van der Waals surface area contributed by atoms with E-state index in [1.807, 2.05) is 0 Å². The summed E-state index contributed by atoms with van der Waals surface area (Å²) in [4.78, 5) is 0. The van der Waals surface area contributed by atoms with Gasteiger partial charge in [-0.25, -0.2) is 0 Å². The molecule has 2 N–H and O–H groups in total. The molecule has 2 unspecified atom stereocenters. The first-order chi connectivity index (χ1) is 5.19. The second-order valence-electron chi connectivity index (χ2n) is 3.33. The van der Waals surface area contributed by atoms with Gasteiger partial charge in [0.25, 0.3) is 0 Å². The minimum atomic E-state index is 0.0722. The molecule has 0 spiro atoms. The molecule has 0 aromatic carbocycles. The number of rotatable bonds is 3. The molecule has 0 aromatic rings. The number of hydrogen-bond acceptors (Lipinski definition) is 3. The van der Waals surface area contributed by atoms with Crippen LogP contribution in [0.2, 0.25) is 0 Å². The Labute approximate surface area is 67.7 Å². The van der Waals surface area contributed by atoms with E-state index in [0.29, 0.717) is 6.54 Å². The zero-order valence-electron chi connectivity index (χ0n) is 7.26. The topological polar surface area (TPSA) is 41.5 Å². The molecule has 3 heteroatoms. The van der Waals surface area contributed by atoms with E-state index in [-0.39, 0.29) is 18.2 Å². The maximum absolute atomic E-state index is 8.62. The molecular weight excluding hydrogens is 142 g/mol. The highest BCUT2D eigenvalue weighted by atomic mass is 16.5. The largest absolute Gasteiger partial charge is 0.395 e. The summed E-state index contributed by atoms with van der Waals surface area (Å²) in [7, 11) is 0. The smallest absolute Gasteiger partial charge is 0.0726 e. The predicted molar refractivity (Wildman–Crippen MR) is 43.5 cm³/mol. The van der Waals surface area contributed by atoms with Gasteiger partial charge in [-0.05, 0) is 20.3 Å². The van der Waals surface area contributed by atoms with Gasteiger partial charge in [0.2, 0.25) is 0 Å². The lowest BCUT2D eigenvalue weighted by Crippen LogP contribution is -2.48. The summed E-state index contributed by atoms with van der Waals surface area (Å²) >= 11 is 0. The molecule has 0 radical (unpaired) electrons. The predicted octanol–water partition coefficient (Wildman–Crippen LogP) is 0.136. The van der Waals surface area contributed by atoms with Crippen molar-refractivity contribution in [1.29, 1.82) is 0 Å². The van der Waals surface area contributed by atoms with Crippen molar-refractivity contribution in [2.75, 3.05) is 19.8 Å². The van der Waals surface area contributed by atoms with E-state index < -0.39 is 0 Å². The van der Waals surface area contributed by atoms with Crippen LogP contribution in [0.3, 0.4) is 0 Å². The molecule has 66 valence electrons. The fourth-order valence-corrected chi connectivity index (χ4v) is 1.41. The van der Waals surface area contributed by atoms with E-state index >= 15 is 0 Å². The fourth-order valence-electron chi connectivity index (χ4n) is 1.41. The van der Waals surface area contributed by atoms with E-state index in [4.69, 9.17) is 9.84 Å². The molecule has 3 nitrogen and oxygen atoms in total. The highest BCUT2D eigenvalue weighted by molar-refractivity contribution is 4.93. The Morgan fingerprint density at radius 3 is 2.91 bits per heavy atom. The van der Waals surface area contributed by atoms with Gasteiger partial charge in [-0.1, -0.05) is 0 Å². The zero-order chi connectivity index (χ0) is 8.32. The molecule has 0 bridgehead atoms. The highest BCUT2D eigenvalue weighted by Crippen LogP contribution is 2.24. The summed E-state index contributed by atoms with van der Waals surface area (Å²) in [5, 5.41) is 11.9. The summed E-state index contributed by atoms with van der Waals surface area (Å²) < 4.78 is 5.42. The van der Waals surface area contributed by atoms with E-state index in [1.54, 1.807) is 0 Å². The molecule has 1 aliphatic heterocycles. The van der Waals surface area contributed by atoms with Crippen molar-refractivity contribution < 1.29 is 9.84 Å². The molecule has 11 heavy (non-hydrogen) atoms. The molecule has 1 fully saturated rings. The Balaban J connectivity index is 2.38. The molecule has 0 aliphatic carbocycles. The summed E-state index contributed by atoms with van der Waals surface area (Å²) in [6.07, 6.45) is 1.29. The van der Waals surface area contributed by atoms with Gasteiger partial charge < -0.3 is 15.2 Å². The van der Waals surface area contributed by atoms with Crippen LogP contribution in [0, 0.1) is 0 Å². The summed E-state index contributed by atoms with van der Waals surface area (Å²) in [5.41, 5.74) is 0.0722. The van der Waals surface area contributed by atoms with Crippen LogP contribution in [0.1, 0.15) is 20.3 Å². The lowest BCUT2D eigenvalue weighted by atomic mass is 9.95. The molecular formula is C8H17NO2. The molecule has 2 atom stereocenters. The number of ether oxygens (including phenoxy) is 1. The van der Waals surface area contributed by atoms with Gasteiger partial charge in [0.15, 0.2) is 0 Å². The van der Waals surface area contributed by atoms with Crippen molar-refractivity contribution in [3.63, 3.8) is 0 Å². The molecule has 0 aromatic heterocycles. The molecule has 1 heterocycles. The second-order valence-corrected chi connectivity index (χ2v) is 3.33. The molecule has 1 saturated heterocycles. The van der Waals surface area contributed by atoms with Crippen molar-refractivity contribution >= 4 is 0 Å². The number of aliphatic hydroxyl groups is 1. The maximum Gasteiger partial charge on any atom is 0.0726 e. The SMILES string of the molecule is CC1OCCC1(C)NCCO. The number of hydrogen-bond donors (Lipinski definition) is 2. The molecule has 0 saturated carbocycles. The Bertz CT molecular complexity index is 129. The van der Waals surface area contributed by atoms with E-state index in [2.05, 4.69) is 19.2 Å². The van der Waals surface area contributed by atoms with Crippen LogP contribution < -0.4 is 5.32 Å². The van der Waals surface area contributed by atoms with Crippen LogP contribution in [-0.4, -0.2) is 36.5 Å².